The van der Waals surface area contributed by atoms with Crippen molar-refractivity contribution in [2.75, 3.05) is 11.9 Å². The van der Waals surface area contributed by atoms with Gasteiger partial charge in [-0.05, 0) is 30.7 Å². The molecule has 0 aliphatic heterocycles. The van der Waals surface area contributed by atoms with E-state index >= 15 is 0 Å². The number of halogens is 1. The molecule has 0 amide bonds. The van der Waals surface area contributed by atoms with Gasteiger partial charge in [0.05, 0.1) is 0 Å². The highest BCUT2D eigenvalue weighted by Crippen LogP contribution is 2.28. The van der Waals surface area contributed by atoms with E-state index in [0.29, 0.717) is 0 Å². The van der Waals surface area contributed by atoms with Crippen LogP contribution in [0.3, 0.4) is 0 Å². The third-order valence-corrected chi connectivity index (χ3v) is 3.37. The fourth-order valence-corrected chi connectivity index (χ4v) is 2.52. The summed E-state index contributed by atoms with van der Waals surface area (Å²) in [6.07, 6.45) is 6.78. The molecular weight excluding hydrogens is 203 g/mol. The molecule has 1 aromatic heterocycles. The lowest BCUT2D eigenvalue weighted by Crippen LogP contribution is -2.21. The summed E-state index contributed by atoms with van der Waals surface area (Å²) in [5, 5.41) is 3.30. The van der Waals surface area contributed by atoms with E-state index in [9.17, 15) is 4.39 Å². The first-order valence-electron chi connectivity index (χ1n) is 6.09. The summed E-state index contributed by atoms with van der Waals surface area (Å²) in [7, 11) is 0. The molecule has 1 N–H and O–H groups in total. The van der Waals surface area contributed by atoms with Gasteiger partial charge in [-0.25, -0.2) is 4.98 Å². The number of hydrogen-bond donors (Lipinski definition) is 1. The lowest BCUT2D eigenvalue weighted by Gasteiger charge is -2.27. The van der Waals surface area contributed by atoms with Crippen molar-refractivity contribution in [3.8, 4) is 0 Å². The van der Waals surface area contributed by atoms with Gasteiger partial charge in [0, 0.05) is 24.5 Å². The maximum Gasteiger partial charge on any atom is 0.214 e. The molecule has 16 heavy (non-hydrogen) atoms. The molecule has 1 saturated carbocycles. The molecule has 1 aliphatic rings. The maximum atomic E-state index is 12.8. The van der Waals surface area contributed by atoms with Crippen molar-refractivity contribution in [1.29, 1.82) is 0 Å². The van der Waals surface area contributed by atoms with Crippen LogP contribution in [-0.4, -0.2) is 11.5 Å². The van der Waals surface area contributed by atoms with E-state index in [-0.39, 0.29) is 0 Å². The van der Waals surface area contributed by atoms with E-state index in [1.807, 2.05) is 6.07 Å². The van der Waals surface area contributed by atoms with Crippen LogP contribution < -0.4 is 5.32 Å². The highest BCUT2D eigenvalue weighted by molar-refractivity contribution is 5.41. The van der Waals surface area contributed by atoms with E-state index in [4.69, 9.17) is 0 Å². The highest BCUT2D eigenvalue weighted by atomic mass is 19.1. The minimum atomic E-state index is -0.415. The highest BCUT2D eigenvalue weighted by Gasteiger charge is 2.18. The Morgan fingerprint density at radius 2 is 2.38 bits per heavy atom. The number of pyridine rings is 1. The number of aromatic nitrogens is 1. The molecule has 0 spiro atoms. The van der Waals surface area contributed by atoms with E-state index in [0.717, 1.165) is 24.1 Å². The molecule has 1 fully saturated rings. The Kier molecular flexibility index (Phi) is 3.75. The first kappa shape index (κ1) is 11.4. The number of hydrogen-bond acceptors (Lipinski definition) is 2. The Morgan fingerprint density at radius 1 is 1.50 bits per heavy atom. The van der Waals surface area contributed by atoms with Gasteiger partial charge < -0.3 is 5.32 Å². The van der Waals surface area contributed by atoms with Crippen LogP contribution in [0.4, 0.5) is 10.1 Å². The topological polar surface area (TPSA) is 24.9 Å². The van der Waals surface area contributed by atoms with E-state index in [2.05, 4.69) is 17.2 Å². The van der Waals surface area contributed by atoms with Gasteiger partial charge in [0.15, 0.2) is 0 Å². The van der Waals surface area contributed by atoms with Gasteiger partial charge in [-0.3, -0.25) is 0 Å². The van der Waals surface area contributed by atoms with Crippen LogP contribution >= 0.6 is 0 Å². The molecule has 0 aromatic carbocycles. The van der Waals surface area contributed by atoms with Crippen molar-refractivity contribution in [1.82, 2.24) is 4.98 Å². The average Bonchev–Trinajstić information content (AvgIpc) is 2.27. The van der Waals surface area contributed by atoms with Crippen molar-refractivity contribution in [3.05, 3.63) is 24.3 Å². The SMILES string of the molecule is CC1CCCC(CNc2ccnc(F)c2)C1. The maximum absolute atomic E-state index is 12.8. The van der Waals surface area contributed by atoms with Crippen LogP contribution in [0.25, 0.3) is 0 Å². The summed E-state index contributed by atoms with van der Waals surface area (Å²) in [4.78, 5) is 3.54. The number of rotatable bonds is 3. The molecule has 3 heteroatoms. The second-order valence-corrected chi connectivity index (χ2v) is 4.89. The second kappa shape index (κ2) is 5.28. The lowest BCUT2D eigenvalue weighted by atomic mass is 9.82. The third-order valence-electron chi connectivity index (χ3n) is 3.37. The standard InChI is InChI=1S/C13H19FN2/c1-10-3-2-4-11(7-10)9-16-12-5-6-15-13(14)8-12/h5-6,8,10-11H,2-4,7,9H2,1H3,(H,15,16). The van der Waals surface area contributed by atoms with Gasteiger partial charge in [-0.15, -0.1) is 0 Å². The van der Waals surface area contributed by atoms with Crippen molar-refractivity contribution in [2.45, 2.75) is 32.6 Å². The van der Waals surface area contributed by atoms with Gasteiger partial charge >= 0.3 is 0 Å². The summed E-state index contributed by atoms with van der Waals surface area (Å²) in [5.41, 5.74) is 0.839. The van der Waals surface area contributed by atoms with E-state index < -0.39 is 5.95 Å². The first-order chi connectivity index (χ1) is 7.74. The normalized spacial score (nSPS) is 25.4. The smallest absolute Gasteiger partial charge is 0.214 e. The van der Waals surface area contributed by atoms with Crippen molar-refractivity contribution < 1.29 is 4.39 Å². The predicted molar refractivity (Wildman–Crippen MR) is 63.8 cm³/mol. The number of anilines is 1. The van der Waals surface area contributed by atoms with Crippen molar-refractivity contribution in [3.63, 3.8) is 0 Å². The minimum absolute atomic E-state index is 0.415. The minimum Gasteiger partial charge on any atom is -0.385 e. The van der Waals surface area contributed by atoms with Gasteiger partial charge in [0.2, 0.25) is 5.95 Å². The fraction of sp³-hybridized carbons (Fsp3) is 0.615. The van der Waals surface area contributed by atoms with Crippen LogP contribution in [0.2, 0.25) is 0 Å². The summed E-state index contributed by atoms with van der Waals surface area (Å²) >= 11 is 0. The zero-order valence-corrected chi connectivity index (χ0v) is 9.75. The van der Waals surface area contributed by atoms with Crippen LogP contribution in [0, 0.1) is 17.8 Å². The monoisotopic (exact) mass is 222 g/mol. The van der Waals surface area contributed by atoms with Crippen molar-refractivity contribution in [2.24, 2.45) is 11.8 Å². The molecule has 0 radical (unpaired) electrons. The lowest BCUT2D eigenvalue weighted by molar-refractivity contribution is 0.293. The van der Waals surface area contributed by atoms with E-state index in [1.54, 1.807) is 0 Å². The first-order valence-corrected chi connectivity index (χ1v) is 6.09. The van der Waals surface area contributed by atoms with Crippen molar-refractivity contribution >= 4 is 5.69 Å². The molecule has 1 aromatic rings. The molecule has 1 aliphatic carbocycles. The summed E-state index contributed by atoms with van der Waals surface area (Å²) in [6, 6.07) is 3.27. The molecule has 2 unspecified atom stereocenters. The van der Waals surface area contributed by atoms with Crippen LogP contribution in [0.1, 0.15) is 32.6 Å². The molecule has 2 atom stereocenters. The summed E-state index contributed by atoms with van der Waals surface area (Å²) in [6.45, 7) is 3.27. The van der Waals surface area contributed by atoms with Gasteiger partial charge in [-0.1, -0.05) is 19.8 Å². The average molecular weight is 222 g/mol. The third kappa shape index (κ3) is 3.19. The number of nitrogens with zero attached hydrogens (tertiary/aromatic N) is 1. The fourth-order valence-electron chi connectivity index (χ4n) is 2.52. The Balaban J connectivity index is 1.82. The largest absolute Gasteiger partial charge is 0.385 e. The van der Waals surface area contributed by atoms with Gasteiger partial charge in [0.1, 0.15) is 0 Å². The molecule has 2 nitrogen and oxygen atoms in total. The molecule has 88 valence electrons. The Hall–Kier alpha value is -1.12. The predicted octanol–water partition coefficient (Wildman–Crippen LogP) is 3.46. The molecule has 2 rings (SSSR count). The quantitative estimate of drug-likeness (QED) is 0.792. The van der Waals surface area contributed by atoms with Crippen LogP contribution in [0.5, 0.6) is 0 Å². The van der Waals surface area contributed by atoms with E-state index in [1.165, 1.54) is 37.9 Å². The zero-order chi connectivity index (χ0) is 11.4. The summed E-state index contributed by atoms with van der Waals surface area (Å²) < 4.78 is 12.8. The number of nitrogens with one attached hydrogen (secondary N) is 1. The summed E-state index contributed by atoms with van der Waals surface area (Å²) in [5.74, 6) is 1.16. The Labute approximate surface area is 96.3 Å². The Morgan fingerprint density at radius 3 is 3.12 bits per heavy atom. The van der Waals surface area contributed by atoms with Gasteiger partial charge in [0.25, 0.3) is 0 Å². The van der Waals surface area contributed by atoms with Gasteiger partial charge in [-0.2, -0.15) is 4.39 Å². The zero-order valence-electron chi connectivity index (χ0n) is 9.75. The molecule has 0 bridgehead atoms. The van der Waals surface area contributed by atoms with Crippen LogP contribution in [-0.2, 0) is 0 Å². The molecular formula is C13H19FN2. The molecule has 0 saturated heterocycles. The molecule has 1 heterocycles. The Bertz CT molecular complexity index is 340. The second-order valence-electron chi connectivity index (χ2n) is 4.89. The van der Waals surface area contributed by atoms with Crippen LogP contribution in [0.15, 0.2) is 18.3 Å².